The highest BCUT2D eigenvalue weighted by Gasteiger charge is 2.13. The molecule has 4 heteroatoms. The minimum atomic E-state index is 0.542. The van der Waals surface area contributed by atoms with Gasteiger partial charge in [-0.15, -0.1) is 0 Å². The molecule has 1 aromatic carbocycles. The van der Waals surface area contributed by atoms with Crippen molar-refractivity contribution in [3.05, 3.63) is 28.7 Å². The van der Waals surface area contributed by atoms with Gasteiger partial charge in [0.15, 0.2) is 0 Å². The van der Waals surface area contributed by atoms with Gasteiger partial charge < -0.3 is 14.8 Å². The van der Waals surface area contributed by atoms with Gasteiger partial charge in [-0.1, -0.05) is 22.0 Å². The molecule has 0 aromatic heterocycles. The molecule has 0 aliphatic carbocycles. The summed E-state index contributed by atoms with van der Waals surface area (Å²) in [6.45, 7) is 3.16. The summed E-state index contributed by atoms with van der Waals surface area (Å²) in [5, 5.41) is 3.40. The Morgan fingerprint density at radius 3 is 3.06 bits per heavy atom. The number of benzene rings is 1. The molecule has 1 fully saturated rings. The Morgan fingerprint density at radius 2 is 2.29 bits per heavy atom. The molecule has 0 radical (unpaired) electrons. The summed E-state index contributed by atoms with van der Waals surface area (Å²) in [5.74, 6) is 0.877. The molecule has 1 unspecified atom stereocenters. The van der Waals surface area contributed by atoms with Crippen LogP contribution in [0.15, 0.2) is 28.7 Å². The van der Waals surface area contributed by atoms with E-state index in [4.69, 9.17) is 9.47 Å². The second kappa shape index (κ2) is 6.99. The molecular weight excluding hydrogens is 282 g/mol. The topological polar surface area (TPSA) is 30.5 Å². The first kappa shape index (κ1) is 12.9. The summed E-state index contributed by atoms with van der Waals surface area (Å²) in [7, 11) is 0. The zero-order valence-corrected chi connectivity index (χ0v) is 11.4. The van der Waals surface area contributed by atoms with Crippen LogP contribution in [0, 0.1) is 0 Å². The SMILES string of the molecule is Brc1cccc(OCCOCC2CCCN2)c1. The lowest BCUT2D eigenvalue weighted by Gasteiger charge is -2.11. The van der Waals surface area contributed by atoms with Gasteiger partial charge in [0.25, 0.3) is 0 Å². The second-order valence-corrected chi connectivity index (χ2v) is 5.09. The molecule has 94 valence electrons. The predicted octanol–water partition coefficient (Wildman–Crippen LogP) is 2.60. The summed E-state index contributed by atoms with van der Waals surface area (Å²) in [6, 6.07) is 8.39. The highest BCUT2D eigenvalue weighted by Crippen LogP contribution is 2.17. The number of ether oxygens (including phenoxy) is 2. The highest BCUT2D eigenvalue weighted by molar-refractivity contribution is 9.10. The number of nitrogens with one attached hydrogen (secondary N) is 1. The van der Waals surface area contributed by atoms with Crippen molar-refractivity contribution in [3.63, 3.8) is 0 Å². The number of halogens is 1. The fraction of sp³-hybridized carbons (Fsp3) is 0.538. The number of hydrogen-bond acceptors (Lipinski definition) is 3. The quantitative estimate of drug-likeness (QED) is 0.819. The number of rotatable bonds is 6. The Kier molecular flexibility index (Phi) is 5.29. The molecule has 0 saturated carbocycles. The van der Waals surface area contributed by atoms with E-state index in [-0.39, 0.29) is 0 Å². The molecule has 2 rings (SSSR count). The van der Waals surface area contributed by atoms with Crippen LogP contribution in [0.4, 0.5) is 0 Å². The maximum Gasteiger partial charge on any atom is 0.120 e. The summed E-state index contributed by atoms with van der Waals surface area (Å²) >= 11 is 3.41. The zero-order chi connectivity index (χ0) is 11.9. The summed E-state index contributed by atoms with van der Waals surface area (Å²) in [4.78, 5) is 0. The van der Waals surface area contributed by atoms with Crippen molar-refractivity contribution in [2.24, 2.45) is 0 Å². The van der Waals surface area contributed by atoms with Gasteiger partial charge in [0.1, 0.15) is 12.4 Å². The van der Waals surface area contributed by atoms with Gasteiger partial charge in [-0.2, -0.15) is 0 Å². The monoisotopic (exact) mass is 299 g/mol. The minimum Gasteiger partial charge on any atom is -0.491 e. The van der Waals surface area contributed by atoms with Crippen molar-refractivity contribution in [1.82, 2.24) is 5.32 Å². The van der Waals surface area contributed by atoms with Crippen LogP contribution in [0.25, 0.3) is 0 Å². The molecular formula is C13H18BrNO2. The molecule has 1 heterocycles. The Morgan fingerprint density at radius 1 is 1.35 bits per heavy atom. The van der Waals surface area contributed by atoms with Gasteiger partial charge in [0.2, 0.25) is 0 Å². The highest BCUT2D eigenvalue weighted by atomic mass is 79.9. The standard InChI is InChI=1S/C13H18BrNO2/c14-11-3-1-5-13(9-11)17-8-7-16-10-12-4-2-6-15-12/h1,3,5,9,12,15H,2,4,6-8,10H2. The van der Waals surface area contributed by atoms with Crippen molar-refractivity contribution < 1.29 is 9.47 Å². The van der Waals surface area contributed by atoms with Crippen LogP contribution in [-0.2, 0) is 4.74 Å². The summed E-state index contributed by atoms with van der Waals surface area (Å²) in [5.41, 5.74) is 0. The second-order valence-electron chi connectivity index (χ2n) is 4.17. The molecule has 0 bridgehead atoms. The molecule has 0 amide bonds. The average Bonchev–Trinajstić information content (AvgIpc) is 2.82. The van der Waals surface area contributed by atoms with E-state index in [0.29, 0.717) is 19.3 Å². The maximum absolute atomic E-state index is 5.58. The molecule has 1 aromatic rings. The first-order valence-corrected chi connectivity index (χ1v) is 6.83. The van der Waals surface area contributed by atoms with Crippen LogP contribution in [0.1, 0.15) is 12.8 Å². The molecule has 1 aliphatic heterocycles. The van der Waals surface area contributed by atoms with Crippen molar-refractivity contribution in [1.29, 1.82) is 0 Å². The first-order chi connectivity index (χ1) is 8.34. The van der Waals surface area contributed by atoms with Crippen molar-refractivity contribution in [2.45, 2.75) is 18.9 Å². The molecule has 17 heavy (non-hydrogen) atoms. The van der Waals surface area contributed by atoms with Gasteiger partial charge >= 0.3 is 0 Å². The predicted molar refractivity (Wildman–Crippen MR) is 71.5 cm³/mol. The van der Waals surface area contributed by atoms with Crippen LogP contribution in [0.3, 0.4) is 0 Å². The molecule has 0 spiro atoms. The van der Waals surface area contributed by atoms with Gasteiger partial charge in [0, 0.05) is 10.5 Å². The molecule has 1 N–H and O–H groups in total. The Bertz CT molecular complexity index is 340. The third-order valence-electron chi connectivity index (χ3n) is 2.77. The molecule has 1 atom stereocenters. The largest absolute Gasteiger partial charge is 0.491 e. The van der Waals surface area contributed by atoms with Crippen LogP contribution < -0.4 is 10.1 Å². The van der Waals surface area contributed by atoms with Gasteiger partial charge in [-0.25, -0.2) is 0 Å². The third kappa shape index (κ3) is 4.66. The summed E-state index contributed by atoms with van der Waals surface area (Å²) < 4.78 is 12.2. The smallest absolute Gasteiger partial charge is 0.120 e. The van der Waals surface area contributed by atoms with E-state index in [1.165, 1.54) is 12.8 Å². The lowest BCUT2D eigenvalue weighted by molar-refractivity contribution is 0.0869. The fourth-order valence-corrected chi connectivity index (χ4v) is 2.28. The summed E-state index contributed by atoms with van der Waals surface area (Å²) in [6.07, 6.45) is 2.50. The van der Waals surface area contributed by atoms with Crippen LogP contribution >= 0.6 is 15.9 Å². The van der Waals surface area contributed by atoms with E-state index >= 15 is 0 Å². The Labute approximate surface area is 111 Å². The normalized spacial score (nSPS) is 19.5. The van der Waals surface area contributed by atoms with Crippen LogP contribution in [0.5, 0.6) is 5.75 Å². The molecule has 3 nitrogen and oxygen atoms in total. The van der Waals surface area contributed by atoms with E-state index in [9.17, 15) is 0 Å². The lowest BCUT2D eigenvalue weighted by atomic mass is 10.2. The average molecular weight is 300 g/mol. The van der Waals surface area contributed by atoms with E-state index in [1.807, 2.05) is 24.3 Å². The zero-order valence-electron chi connectivity index (χ0n) is 9.82. The third-order valence-corrected chi connectivity index (χ3v) is 3.27. The van der Waals surface area contributed by atoms with Crippen molar-refractivity contribution in [2.75, 3.05) is 26.4 Å². The Hall–Kier alpha value is -0.580. The van der Waals surface area contributed by atoms with Crippen molar-refractivity contribution in [3.8, 4) is 5.75 Å². The first-order valence-electron chi connectivity index (χ1n) is 6.04. The van der Waals surface area contributed by atoms with E-state index in [0.717, 1.165) is 23.4 Å². The van der Waals surface area contributed by atoms with Crippen LogP contribution in [-0.4, -0.2) is 32.4 Å². The van der Waals surface area contributed by atoms with E-state index in [1.54, 1.807) is 0 Å². The van der Waals surface area contributed by atoms with Gasteiger partial charge in [-0.3, -0.25) is 0 Å². The lowest BCUT2D eigenvalue weighted by Crippen LogP contribution is -2.27. The Balaban J connectivity index is 1.56. The molecule has 1 aliphatic rings. The van der Waals surface area contributed by atoms with Gasteiger partial charge in [0.05, 0.1) is 13.2 Å². The maximum atomic E-state index is 5.58. The fourth-order valence-electron chi connectivity index (χ4n) is 1.90. The van der Waals surface area contributed by atoms with E-state index in [2.05, 4.69) is 21.2 Å². The van der Waals surface area contributed by atoms with Crippen molar-refractivity contribution >= 4 is 15.9 Å². The van der Waals surface area contributed by atoms with E-state index < -0.39 is 0 Å². The number of hydrogen-bond donors (Lipinski definition) is 1. The minimum absolute atomic E-state index is 0.542. The molecule has 1 saturated heterocycles. The van der Waals surface area contributed by atoms with Gasteiger partial charge in [-0.05, 0) is 37.6 Å². The van der Waals surface area contributed by atoms with Crippen LogP contribution in [0.2, 0.25) is 0 Å².